The van der Waals surface area contributed by atoms with Gasteiger partial charge in [-0.25, -0.2) is 0 Å². The summed E-state index contributed by atoms with van der Waals surface area (Å²) in [6, 6.07) is 9.61. The molecular formula is C14H19NO4. The first-order chi connectivity index (χ1) is 9.15. The van der Waals surface area contributed by atoms with Crippen LogP contribution in [0.25, 0.3) is 0 Å². The number of carbonyl (C=O) groups is 2. The number of hydrogen-bond donors (Lipinski definition) is 1. The minimum absolute atomic E-state index is 0.0752. The molecule has 1 unspecified atom stereocenters. The minimum atomic E-state index is -0.455. The molecule has 1 atom stereocenters. The van der Waals surface area contributed by atoms with E-state index < -0.39 is 6.10 Å². The standard InChI is InChI=1S/C14H19NO4/c1-18-12(9-14(17)19-2)8-13(16)15-10-11-6-4-3-5-7-11/h3-7,12H,8-10H2,1-2H3,(H,15,16). The quantitative estimate of drug-likeness (QED) is 0.754. The molecule has 0 heterocycles. The third-order valence-electron chi connectivity index (χ3n) is 2.70. The zero-order valence-electron chi connectivity index (χ0n) is 11.2. The summed E-state index contributed by atoms with van der Waals surface area (Å²) in [6.45, 7) is 0.467. The first kappa shape index (κ1) is 15.2. The smallest absolute Gasteiger partial charge is 0.308 e. The highest BCUT2D eigenvalue weighted by atomic mass is 16.5. The fourth-order valence-electron chi connectivity index (χ4n) is 1.58. The summed E-state index contributed by atoms with van der Waals surface area (Å²) in [6.07, 6.45) is -0.243. The number of amides is 1. The van der Waals surface area contributed by atoms with Crippen LogP contribution >= 0.6 is 0 Å². The van der Waals surface area contributed by atoms with Crippen LogP contribution < -0.4 is 5.32 Å². The van der Waals surface area contributed by atoms with Gasteiger partial charge in [0.05, 0.1) is 26.1 Å². The largest absolute Gasteiger partial charge is 0.469 e. The maximum atomic E-state index is 11.7. The number of hydrogen-bond acceptors (Lipinski definition) is 4. The summed E-state index contributed by atoms with van der Waals surface area (Å²) >= 11 is 0. The van der Waals surface area contributed by atoms with Crippen molar-refractivity contribution in [3.8, 4) is 0 Å². The molecule has 0 saturated carbocycles. The van der Waals surface area contributed by atoms with Crippen molar-refractivity contribution < 1.29 is 19.1 Å². The highest BCUT2D eigenvalue weighted by Crippen LogP contribution is 2.05. The molecule has 0 aliphatic heterocycles. The topological polar surface area (TPSA) is 64.6 Å². The Kier molecular flexibility index (Phi) is 6.60. The van der Waals surface area contributed by atoms with E-state index in [0.29, 0.717) is 6.54 Å². The van der Waals surface area contributed by atoms with Gasteiger partial charge in [-0.2, -0.15) is 0 Å². The molecule has 1 rings (SSSR count). The Hall–Kier alpha value is -1.88. The van der Waals surface area contributed by atoms with Gasteiger partial charge in [0.2, 0.25) is 5.91 Å². The van der Waals surface area contributed by atoms with E-state index in [0.717, 1.165) is 5.56 Å². The van der Waals surface area contributed by atoms with Crippen LogP contribution in [0.1, 0.15) is 18.4 Å². The second-order valence-electron chi connectivity index (χ2n) is 4.10. The molecule has 5 nitrogen and oxygen atoms in total. The number of esters is 1. The summed E-state index contributed by atoms with van der Waals surface area (Å²) in [5, 5.41) is 2.78. The van der Waals surface area contributed by atoms with Gasteiger partial charge in [-0.05, 0) is 5.56 Å². The van der Waals surface area contributed by atoms with Crippen LogP contribution in [-0.2, 0) is 25.6 Å². The lowest BCUT2D eigenvalue weighted by Gasteiger charge is -2.13. The van der Waals surface area contributed by atoms with Crippen molar-refractivity contribution in [3.05, 3.63) is 35.9 Å². The second kappa shape index (κ2) is 8.26. The van der Waals surface area contributed by atoms with E-state index in [1.807, 2.05) is 30.3 Å². The molecule has 0 aliphatic carbocycles. The lowest BCUT2D eigenvalue weighted by Crippen LogP contribution is -2.29. The van der Waals surface area contributed by atoms with Crippen LogP contribution in [0.3, 0.4) is 0 Å². The van der Waals surface area contributed by atoms with E-state index >= 15 is 0 Å². The Morgan fingerprint density at radius 3 is 2.42 bits per heavy atom. The van der Waals surface area contributed by atoms with Crippen LogP contribution in [0.5, 0.6) is 0 Å². The molecule has 0 fully saturated rings. The van der Waals surface area contributed by atoms with Crippen molar-refractivity contribution in [1.82, 2.24) is 5.32 Å². The molecule has 5 heteroatoms. The summed E-state index contributed by atoms with van der Waals surface area (Å²) < 4.78 is 9.63. The lowest BCUT2D eigenvalue weighted by atomic mass is 10.1. The third-order valence-corrected chi connectivity index (χ3v) is 2.70. The van der Waals surface area contributed by atoms with Crippen LogP contribution in [0, 0.1) is 0 Å². The number of ether oxygens (including phenoxy) is 2. The van der Waals surface area contributed by atoms with E-state index in [4.69, 9.17) is 4.74 Å². The van der Waals surface area contributed by atoms with Gasteiger partial charge in [-0.3, -0.25) is 9.59 Å². The average molecular weight is 265 g/mol. The van der Waals surface area contributed by atoms with Crippen molar-refractivity contribution in [2.45, 2.75) is 25.5 Å². The molecule has 1 aromatic rings. The number of methoxy groups -OCH3 is 2. The monoisotopic (exact) mass is 265 g/mol. The summed E-state index contributed by atoms with van der Waals surface area (Å²) in [4.78, 5) is 22.8. The molecule has 0 saturated heterocycles. The van der Waals surface area contributed by atoms with Crippen molar-refractivity contribution >= 4 is 11.9 Å². The highest BCUT2D eigenvalue weighted by Gasteiger charge is 2.17. The first-order valence-corrected chi connectivity index (χ1v) is 6.06. The van der Waals surface area contributed by atoms with E-state index in [2.05, 4.69) is 10.1 Å². The van der Waals surface area contributed by atoms with Gasteiger partial charge in [0.1, 0.15) is 0 Å². The Balaban J connectivity index is 2.35. The van der Waals surface area contributed by atoms with E-state index in [1.54, 1.807) is 0 Å². The van der Waals surface area contributed by atoms with Crippen LogP contribution in [0.15, 0.2) is 30.3 Å². The molecule has 19 heavy (non-hydrogen) atoms. The summed E-state index contributed by atoms with van der Waals surface area (Å²) in [7, 11) is 2.78. The van der Waals surface area contributed by atoms with E-state index in [9.17, 15) is 9.59 Å². The second-order valence-corrected chi connectivity index (χ2v) is 4.10. The molecule has 0 radical (unpaired) electrons. The zero-order chi connectivity index (χ0) is 14.1. The molecule has 1 aromatic carbocycles. The minimum Gasteiger partial charge on any atom is -0.469 e. The molecule has 0 spiro atoms. The Morgan fingerprint density at radius 2 is 1.84 bits per heavy atom. The predicted octanol–water partition coefficient (Wildman–Crippen LogP) is 1.27. The van der Waals surface area contributed by atoms with Gasteiger partial charge in [0.25, 0.3) is 0 Å². The van der Waals surface area contributed by atoms with Crippen LogP contribution in [0.2, 0.25) is 0 Å². The van der Waals surface area contributed by atoms with Gasteiger partial charge in [-0.1, -0.05) is 30.3 Å². The molecular weight excluding hydrogens is 246 g/mol. The third kappa shape index (κ3) is 6.01. The Morgan fingerprint density at radius 1 is 1.16 bits per heavy atom. The molecule has 0 bridgehead atoms. The van der Waals surface area contributed by atoms with Gasteiger partial charge in [0, 0.05) is 13.7 Å². The van der Waals surface area contributed by atoms with Gasteiger partial charge in [-0.15, -0.1) is 0 Å². The number of nitrogens with one attached hydrogen (secondary N) is 1. The normalized spacial score (nSPS) is 11.7. The Labute approximate surface area is 112 Å². The van der Waals surface area contributed by atoms with Crippen molar-refractivity contribution in [3.63, 3.8) is 0 Å². The van der Waals surface area contributed by atoms with E-state index in [1.165, 1.54) is 14.2 Å². The summed E-state index contributed by atoms with van der Waals surface area (Å²) in [5.41, 5.74) is 1.03. The predicted molar refractivity (Wildman–Crippen MR) is 70.3 cm³/mol. The van der Waals surface area contributed by atoms with E-state index in [-0.39, 0.29) is 24.7 Å². The Bertz CT molecular complexity index is 405. The van der Waals surface area contributed by atoms with Gasteiger partial charge < -0.3 is 14.8 Å². The first-order valence-electron chi connectivity index (χ1n) is 6.06. The zero-order valence-corrected chi connectivity index (χ0v) is 11.2. The van der Waals surface area contributed by atoms with Gasteiger partial charge in [0.15, 0.2) is 0 Å². The SMILES string of the molecule is COC(=O)CC(CC(=O)NCc1ccccc1)OC. The molecule has 104 valence electrons. The van der Waals surface area contributed by atoms with Crippen molar-refractivity contribution in [2.75, 3.05) is 14.2 Å². The fraction of sp³-hybridized carbons (Fsp3) is 0.429. The molecule has 0 aromatic heterocycles. The number of benzene rings is 1. The molecule has 1 N–H and O–H groups in total. The van der Waals surface area contributed by atoms with Gasteiger partial charge >= 0.3 is 5.97 Å². The fourth-order valence-corrected chi connectivity index (χ4v) is 1.58. The number of rotatable bonds is 7. The maximum Gasteiger partial charge on any atom is 0.308 e. The van der Waals surface area contributed by atoms with Crippen LogP contribution in [-0.4, -0.2) is 32.2 Å². The highest BCUT2D eigenvalue weighted by molar-refractivity contribution is 5.77. The maximum absolute atomic E-state index is 11.7. The lowest BCUT2D eigenvalue weighted by molar-refractivity contribution is -0.143. The van der Waals surface area contributed by atoms with Crippen LogP contribution in [0.4, 0.5) is 0 Å². The average Bonchev–Trinajstić information content (AvgIpc) is 2.45. The number of carbonyl (C=O) groups excluding carboxylic acids is 2. The van der Waals surface area contributed by atoms with Crippen molar-refractivity contribution in [1.29, 1.82) is 0 Å². The van der Waals surface area contributed by atoms with Crippen molar-refractivity contribution in [2.24, 2.45) is 0 Å². The summed E-state index contributed by atoms with van der Waals surface area (Å²) in [5.74, 6) is -0.540. The molecule has 1 amide bonds. The molecule has 0 aliphatic rings.